The van der Waals surface area contributed by atoms with Crippen molar-refractivity contribution in [1.82, 2.24) is 19.7 Å². The summed E-state index contributed by atoms with van der Waals surface area (Å²) in [7, 11) is 3.32. The normalized spacial score (nSPS) is 22.6. The second-order valence-corrected chi connectivity index (χ2v) is 11.2. The zero-order valence-electron chi connectivity index (χ0n) is 22.8. The molecule has 2 atom stereocenters. The molecule has 0 saturated carbocycles. The molecule has 4 heterocycles. The molecule has 0 radical (unpaired) electrons. The van der Waals surface area contributed by atoms with Crippen LogP contribution in [0.25, 0.3) is 0 Å². The van der Waals surface area contributed by atoms with Gasteiger partial charge in [0.25, 0.3) is 5.91 Å². The van der Waals surface area contributed by atoms with Crippen molar-refractivity contribution in [2.45, 2.75) is 49.8 Å². The minimum absolute atomic E-state index is 0.0320. The zero-order valence-corrected chi connectivity index (χ0v) is 22.8. The van der Waals surface area contributed by atoms with E-state index >= 15 is 0 Å². The van der Waals surface area contributed by atoms with Crippen LogP contribution in [-0.4, -0.2) is 71.3 Å². The Morgan fingerprint density at radius 2 is 2.00 bits per heavy atom. The predicted octanol–water partition coefficient (Wildman–Crippen LogP) is 4.06. The van der Waals surface area contributed by atoms with E-state index in [1.54, 1.807) is 17.3 Å². The predicted molar refractivity (Wildman–Crippen MR) is 141 cm³/mol. The molecule has 41 heavy (non-hydrogen) atoms. The van der Waals surface area contributed by atoms with Crippen LogP contribution < -0.4 is 4.90 Å². The summed E-state index contributed by atoms with van der Waals surface area (Å²) in [6.45, 7) is 1.39. The number of piperidine rings is 1. The SMILES string of the molecule is COC1CCN(Cc2cc3c(c(C(F)(F)F)c2)CN(c2cccc(C4(Cc5nncn5C)COC4)c2)C3=O)CC1F. The van der Waals surface area contributed by atoms with Crippen LogP contribution in [0.4, 0.5) is 23.2 Å². The molecule has 3 aliphatic heterocycles. The monoisotopic (exact) mass is 573 g/mol. The minimum atomic E-state index is -4.65. The maximum atomic E-state index is 14.4. The van der Waals surface area contributed by atoms with E-state index in [0.29, 0.717) is 43.9 Å². The molecule has 0 N–H and O–H groups in total. The number of rotatable bonds is 7. The number of carbonyl (C=O) groups excluding carboxylic acids is 1. The average Bonchev–Trinajstić information content (AvgIpc) is 3.47. The summed E-state index contributed by atoms with van der Waals surface area (Å²) in [5.74, 6) is 0.300. The topological polar surface area (TPSA) is 72.7 Å². The lowest BCUT2D eigenvalue weighted by atomic mass is 9.75. The minimum Gasteiger partial charge on any atom is -0.379 e. The van der Waals surface area contributed by atoms with Gasteiger partial charge in [0, 0.05) is 56.9 Å². The Labute approximate surface area is 234 Å². The van der Waals surface area contributed by atoms with Crippen LogP contribution in [0.2, 0.25) is 0 Å². The maximum Gasteiger partial charge on any atom is 0.416 e. The molecule has 0 bridgehead atoms. The number of alkyl halides is 4. The molecule has 2 aromatic carbocycles. The summed E-state index contributed by atoms with van der Waals surface area (Å²) in [5, 5.41) is 8.15. The third-order valence-electron chi connectivity index (χ3n) is 8.51. The van der Waals surface area contributed by atoms with Crippen molar-refractivity contribution >= 4 is 11.6 Å². The van der Waals surface area contributed by atoms with E-state index in [-0.39, 0.29) is 36.2 Å². The molecule has 0 aliphatic carbocycles. The van der Waals surface area contributed by atoms with Crippen LogP contribution in [0.3, 0.4) is 0 Å². The van der Waals surface area contributed by atoms with E-state index < -0.39 is 29.9 Å². The van der Waals surface area contributed by atoms with E-state index in [1.807, 2.05) is 29.8 Å². The third-order valence-corrected chi connectivity index (χ3v) is 8.51. The molecule has 3 aliphatic rings. The van der Waals surface area contributed by atoms with Gasteiger partial charge in [-0.1, -0.05) is 12.1 Å². The van der Waals surface area contributed by atoms with Gasteiger partial charge in [0.2, 0.25) is 0 Å². The fourth-order valence-corrected chi connectivity index (χ4v) is 6.13. The van der Waals surface area contributed by atoms with E-state index in [2.05, 4.69) is 10.2 Å². The Morgan fingerprint density at radius 1 is 1.20 bits per heavy atom. The Bertz CT molecular complexity index is 1450. The fraction of sp³-hybridized carbons (Fsp3) is 0.483. The largest absolute Gasteiger partial charge is 0.416 e. The molecular weight excluding hydrogens is 542 g/mol. The van der Waals surface area contributed by atoms with Gasteiger partial charge in [0.05, 0.1) is 31.4 Å². The molecule has 2 unspecified atom stereocenters. The highest BCUT2D eigenvalue weighted by atomic mass is 19.4. The number of benzene rings is 2. The van der Waals surface area contributed by atoms with Crippen molar-refractivity contribution < 1.29 is 31.8 Å². The lowest BCUT2D eigenvalue weighted by Gasteiger charge is -2.42. The quantitative estimate of drug-likeness (QED) is 0.397. The summed E-state index contributed by atoms with van der Waals surface area (Å²) in [5.41, 5.74) is 0.559. The number of hydrogen-bond acceptors (Lipinski definition) is 6. The number of aryl methyl sites for hydroxylation is 1. The number of anilines is 1. The van der Waals surface area contributed by atoms with Gasteiger partial charge in [0.15, 0.2) is 0 Å². The molecule has 6 rings (SSSR count). The smallest absolute Gasteiger partial charge is 0.379 e. The average molecular weight is 574 g/mol. The maximum absolute atomic E-state index is 14.4. The number of ether oxygens (including phenoxy) is 2. The number of carbonyl (C=O) groups is 1. The highest BCUT2D eigenvalue weighted by molar-refractivity contribution is 6.10. The van der Waals surface area contributed by atoms with Crippen LogP contribution in [0.15, 0.2) is 42.7 Å². The molecule has 218 valence electrons. The van der Waals surface area contributed by atoms with Gasteiger partial charge in [-0.25, -0.2) is 4.39 Å². The van der Waals surface area contributed by atoms with Gasteiger partial charge in [0.1, 0.15) is 18.3 Å². The number of methoxy groups -OCH3 is 1. The zero-order chi connectivity index (χ0) is 28.9. The van der Waals surface area contributed by atoms with Gasteiger partial charge >= 0.3 is 6.18 Å². The second-order valence-electron chi connectivity index (χ2n) is 11.2. The number of amides is 1. The highest BCUT2D eigenvalue weighted by Gasteiger charge is 2.44. The first-order valence-corrected chi connectivity index (χ1v) is 13.5. The standard InChI is InChI=1S/C29H31F4N5O3/c1-36-17-34-35-26(36)11-28(15-41-16-28)19-4-3-5-20(10-19)38-13-22-21(27(38)39)8-18(9-23(22)29(31,32)33)12-37-7-6-25(40-2)24(30)14-37/h3-5,8-10,17,24-25H,6-7,11-16H2,1-2H3. The second kappa shape index (κ2) is 10.5. The lowest BCUT2D eigenvalue weighted by molar-refractivity contribution is -0.138. The summed E-state index contributed by atoms with van der Waals surface area (Å²) >= 11 is 0. The number of fused-ring (bicyclic) bond motifs is 1. The van der Waals surface area contributed by atoms with Crippen molar-refractivity contribution in [3.63, 3.8) is 0 Å². The number of aromatic nitrogens is 3. The van der Waals surface area contributed by atoms with E-state index in [4.69, 9.17) is 9.47 Å². The Morgan fingerprint density at radius 3 is 2.63 bits per heavy atom. The van der Waals surface area contributed by atoms with Crippen molar-refractivity contribution in [1.29, 1.82) is 0 Å². The van der Waals surface area contributed by atoms with Gasteiger partial charge in [-0.2, -0.15) is 13.2 Å². The van der Waals surface area contributed by atoms with Crippen LogP contribution in [0.5, 0.6) is 0 Å². The Hall–Kier alpha value is -3.35. The summed E-state index contributed by atoms with van der Waals surface area (Å²) in [6.07, 6.45) is -3.75. The van der Waals surface area contributed by atoms with Crippen LogP contribution in [0, 0.1) is 0 Å². The van der Waals surface area contributed by atoms with Crippen molar-refractivity contribution in [3.05, 3.63) is 76.4 Å². The summed E-state index contributed by atoms with van der Waals surface area (Å²) in [4.78, 5) is 16.8. The molecule has 0 spiro atoms. The first-order chi connectivity index (χ1) is 19.6. The fourth-order valence-electron chi connectivity index (χ4n) is 6.13. The number of nitrogens with zero attached hydrogens (tertiary/aromatic N) is 5. The summed E-state index contributed by atoms with van der Waals surface area (Å²) < 4.78 is 69.8. The molecule has 3 aromatic rings. The van der Waals surface area contributed by atoms with Crippen molar-refractivity contribution in [2.75, 3.05) is 38.3 Å². The Kier molecular flexibility index (Phi) is 7.11. The third kappa shape index (κ3) is 5.13. The van der Waals surface area contributed by atoms with Crippen molar-refractivity contribution in [3.8, 4) is 0 Å². The molecule has 2 saturated heterocycles. The molecule has 1 aromatic heterocycles. The Balaban J connectivity index is 1.28. The number of hydrogen-bond donors (Lipinski definition) is 0. The molecule has 1 amide bonds. The van der Waals surface area contributed by atoms with Crippen molar-refractivity contribution in [2.24, 2.45) is 7.05 Å². The van der Waals surface area contributed by atoms with E-state index in [9.17, 15) is 22.4 Å². The van der Waals surface area contributed by atoms with Gasteiger partial charge in [-0.05, 0) is 47.4 Å². The first kappa shape index (κ1) is 27.8. The van der Waals surface area contributed by atoms with Crippen LogP contribution >= 0.6 is 0 Å². The van der Waals surface area contributed by atoms with E-state index in [0.717, 1.165) is 17.5 Å². The van der Waals surface area contributed by atoms with Crippen LogP contribution in [0.1, 0.15) is 44.9 Å². The summed E-state index contributed by atoms with van der Waals surface area (Å²) in [6, 6.07) is 9.98. The molecular formula is C29H31F4N5O3. The molecule has 2 fully saturated rings. The molecule has 12 heteroatoms. The number of likely N-dealkylation sites (tertiary alicyclic amines) is 1. The highest BCUT2D eigenvalue weighted by Crippen LogP contribution is 2.42. The molecule has 8 nitrogen and oxygen atoms in total. The van der Waals surface area contributed by atoms with E-state index in [1.165, 1.54) is 18.1 Å². The lowest BCUT2D eigenvalue weighted by Crippen LogP contribution is -2.49. The first-order valence-electron chi connectivity index (χ1n) is 13.5. The van der Waals surface area contributed by atoms with Crippen LogP contribution in [-0.2, 0) is 47.6 Å². The van der Waals surface area contributed by atoms with Gasteiger partial charge in [-0.3, -0.25) is 9.69 Å². The number of halogens is 4. The van der Waals surface area contributed by atoms with Gasteiger partial charge < -0.3 is 18.9 Å². The van der Waals surface area contributed by atoms with Gasteiger partial charge in [-0.15, -0.1) is 10.2 Å².